The molecule has 2 heterocycles. The Kier molecular flexibility index (Phi) is 9.90. The molecule has 1 N–H and O–H groups in total. The fourth-order valence-corrected chi connectivity index (χ4v) is 4.23. The van der Waals surface area contributed by atoms with Crippen molar-refractivity contribution in [1.29, 1.82) is 0 Å². The van der Waals surface area contributed by atoms with E-state index in [-0.39, 0.29) is 29.9 Å². The molecule has 1 amide bonds. The van der Waals surface area contributed by atoms with Gasteiger partial charge in [-0.2, -0.15) is 0 Å². The minimum Gasteiger partial charge on any atom is -0.493 e. The molecule has 8 heteroatoms. The van der Waals surface area contributed by atoms with E-state index in [2.05, 4.69) is 40.2 Å². The standard InChI is InChI=1S/C24H37N5O2.HI/c1-2-25-24(26-17-21-7-3-4-8-22(21)31-19-20-9-10-20)29-15-13-27(14-16-29)18-23(30)28-11-5-6-12-28;/h3-4,7-8,20H,2,5-6,9-19H2,1H3,(H,25,26);1H. The molecule has 7 nitrogen and oxygen atoms in total. The van der Waals surface area contributed by atoms with Gasteiger partial charge in [-0.3, -0.25) is 9.69 Å². The maximum atomic E-state index is 12.4. The molecule has 3 aliphatic rings. The van der Waals surface area contributed by atoms with Crippen molar-refractivity contribution in [2.24, 2.45) is 10.9 Å². The third-order valence-electron chi connectivity index (χ3n) is 6.37. The van der Waals surface area contributed by atoms with Crippen LogP contribution in [0.5, 0.6) is 5.75 Å². The highest BCUT2D eigenvalue weighted by atomic mass is 127. The molecule has 178 valence electrons. The molecule has 1 aromatic carbocycles. The van der Waals surface area contributed by atoms with Crippen molar-refractivity contribution in [1.82, 2.24) is 20.0 Å². The number of para-hydroxylation sites is 1. The van der Waals surface area contributed by atoms with Crippen molar-refractivity contribution >= 4 is 35.8 Å². The van der Waals surface area contributed by atoms with E-state index in [1.807, 2.05) is 11.0 Å². The highest BCUT2D eigenvalue weighted by molar-refractivity contribution is 14.0. The molecular formula is C24H38IN5O2. The molecule has 0 bridgehead atoms. The van der Waals surface area contributed by atoms with Gasteiger partial charge >= 0.3 is 0 Å². The van der Waals surface area contributed by atoms with Gasteiger partial charge in [-0.1, -0.05) is 18.2 Å². The minimum atomic E-state index is 0. The maximum absolute atomic E-state index is 12.4. The molecule has 3 fully saturated rings. The minimum absolute atomic E-state index is 0. The van der Waals surface area contributed by atoms with Crippen LogP contribution < -0.4 is 10.1 Å². The molecule has 2 aliphatic heterocycles. The zero-order chi connectivity index (χ0) is 21.5. The van der Waals surface area contributed by atoms with Crippen LogP contribution in [0.3, 0.4) is 0 Å². The first-order valence-electron chi connectivity index (χ1n) is 12.0. The van der Waals surface area contributed by atoms with Gasteiger partial charge < -0.3 is 19.9 Å². The van der Waals surface area contributed by atoms with Gasteiger partial charge in [-0.25, -0.2) is 4.99 Å². The number of carbonyl (C=O) groups is 1. The summed E-state index contributed by atoms with van der Waals surface area (Å²) in [6, 6.07) is 8.24. The zero-order valence-corrected chi connectivity index (χ0v) is 21.6. The summed E-state index contributed by atoms with van der Waals surface area (Å²) in [5.74, 6) is 2.93. The fourth-order valence-electron chi connectivity index (χ4n) is 4.23. The van der Waals surface area contributed by atoms with Crippen molar-refractivity contribution in [3.8, 4) is 5.75 Å². The summed E-state index contributed by atoms with van der Waals surface area (Å²) in [5, 5.41) is 3.44. The van der Waals surface area contributed by atoms with Crippen LogP contribution in [0.25, 0.3) is 0 Å². The molecule has 32 heavy (non-hydrogen) atoms. The van der Waals surface area contributed by atoms with Gasteiger partial charge in [0.15, 0.2) is 5.96 Å². The van der Waals surface area contributed by atoms with Crippen LogP contribution in [0, 0.1) is 5.92 Å². The Morgan fingerprint density at radius 1 is 1.06 bits per heavy atom. The predicted molar refractivity (Wildman–Crippen MR) is 139 cm³/mol. The first kappa shape index (κ1) is 25.1. The number of hydrogen-bond donors (Lipinski definition) is 1. The number of guanidine groups is 1. The number of ether oxygens (including phenoxy) is 1. The molecule has 1 aliphatic carbocycles. The van der Waals surface area contributed by atoms with Gasteiger partial charge in [0.2, 0.25) is 5.91 Å². The van der Waals surface area contributed by atoms with Crippen LogP contribution in [0.1, 0.15) is 38.2 Å². The lowest BCUT2D eigenvalue weighted by Crippen LogP contribution is -2.54. The van der Waals surface area contributed by atoms with Gasteiger partial charge in [-0.15, -0.1) is 24.0 Å². The molecule has 1 saturated carbocycles. The topological polar surface area (TPSA) is 60.4 Å². The van der Waals surface area contributed by atoms with Crippen LogP contribution in [-0.2, 0) is 11.3 Å². The number of nitrogens with zero attached hydrogens (tertiary/aromatic N) is 4. The number of nitrogens with one attached hydrogen (secondary N) is 1. The number of rotatable bonds is 8. The quantitative estimate of drug-likeness (QED) is 0.304. The van der Waals surface area contributed by atoms with E-state index in [0.29, 0.717) is 13.1 Å². The first-order chi connectivity index (χ1) is 15.2. The Morgan fingerprint density at radius 3 is 2.47 bits per heavy atom. The number of amides is 1. The van der Waals surface area contributed by atoms with Gasteiger partial charge in [-0.05, 0) is 44.6 Å². The average molecular weight is 556 g/mol. The number of halogens is 1. The Labute approximate surface area is 209 Å². The Hall–Kier alpha value is -1.55. The zero-order valence-electron chi connectivity index (χ0n) is 19.3. The molecule has 0 unspecified atom stereocenters. The molecule has 0 atom stereocenters. The predicted octanol–water partition coefficient (Wildman–Crippen LogP) is 2.80. The smallest absolute Gasteiger partial charge is 0.236 e. The molecule has 4 rings (SSSR count). The van der Waals surface area contributed by atoms with Crippen LogP contribution in [0.4, 0.5) is 0 Å². The molecule has 0 aromatic heterocycles. The van der Waals surface area contributed by atoms with Gasteiger partial charge in [0.1, 0.15) is 5.75 Å². The van der Waals surface area contributed by atoms with Gasteiger partial charge in [0, 0.05) is 51.4 Å². The number of carbonyl (C=O) groups excluding carboxylic acids is 1. The van der Waals surface area contributed by atoms with Crippen LogP contribution in [0.15, 0.2) is 29.3 Å². The second-order valence-corrected chi connectivity index (χ2v) is 8.88. The molecule has 0 spiro atoms. The summed E-state index contributed by atoms with van der Waals surface area (Å²) in [6.07, 6.45) is 4.88. The van der Waals surface area contributed by atoms with Crippen molar-refractivity contribution < 1.29 is 9.53 Å². The van der Waals surface area contributed by atoms with Crippen molar-refractivity contribution in [3.63, 3.8) is 0 Å². The lowest BCUT2D eigenvalue weighted by atomic mass is 10.2. The van der Waals surface area contributed by atoms with E-state index in [0.717, 1.165) is 88.5 Å². The number of benzene rings is 1. The molecule has 0 radical (unpaired) electrons. The second kappa shape index (κ2) is 12.6. The summed E-state index contributed by atoms with van der Waals surface area (Å²) in [7, 11) is 0. The highest BCUT2D eigenvalue weighted by Crippen LogP contribution is 2.30. The lowest BCUT2D eigenvalue weighted by molar-refractivity contribution is -0.131. The third-order valence-corrected chi connectivity index (χ3v) is 6.37. The average Bonchev–Trinajstić information content (AvgIpc) is 3.46. The van der Waals surface area contributed by atoms with Gasteiger partial charge in [0.25, 0.3) is 0 Å². The van der Waals surface area contributed by atoms with Crippen LogP contribution in [-0.4, -0.2) is 85.5 Å². The van der Waals surface area contributed by atoms with Crippen LogP contribution >= 0.6 is 24.0 Å². The van der Waals surface area contributed by atoms with Crippen LogP contribution in [0.2, 0.25) is 0 Å². The Bertz CT molecular complexity index is 757. The summed E-state index contributed by atoms with van der Waals surface area (Å²) in [6.45, 7) is 10.3. The fraction of sp³-hybridized carbons (Fsp3) is 0.667. The normalized spacial score (nSPS) is 19.6. The second-order valence-electron chi connectivity index (χ2n) is 8.88. The van der Waals surface area contributed by atoms with E-state index in [4.69, 9.17) is 9.73 Å². The van der Waals surface area contributed by atoms with E-state index >= 15 is 0 Å². The lowest BCUT2D eigenvalue weighted by Gasteiger charge is -2.36. The number of aliphatic imine (C=N–C) groups is 1. The monoisotopic (exact) mass is 555 g/mol. The largest absolute Gasteiger partial charge is 0.493 e. The number of hydrogen-bond acceptors (Lipinski definition) is 4. The van der Waals surface area contributed by atoms with E-state index in [1.165, 1.54) is 12.8 Å². The SMILES string of the molecule is CCNC(=NCc1ccccc1OCC1CC1)N1CCN(CC(=O)N2CCCC2)CC1.I. The maximum Gasteiger partial charge on any atom is 0.236 e. The first-order valence-corrected chi connectivity index (χ1v) is 12.0. The summed E-state index contributed by atoms with van der Waals surface area (Å²) < 4.78 is 6.05. The third kappa shape index (κ3) is 7.23. The molecular weight excluding hydrogens is 517 g/mol. The van der Waals surface area contributed by atoms with E-state index in [1.54, 1.807) is 0 Å². The van der Waals surface area contributed by atoms with Crippen molar-refractivity contribution in [2.45, 2.75) is 39.2 Å². The Balaban J connectivity index is 0.00000289. The number of piperazine rings is 1. The number of likely N-dealkylation sites (tertiary alicyclic amines) is 1. The van der Waals surface area contributed by atoms with Crippen molar-refractivity contribution in [3.05, 3.63) is 29.8 Å². The molecule has 1 aromatic rings. The Morgan fingerprint density at radius 2 is 1.78 bits per heavy atom. The van der Waals surface area contributed by atoms with E-state index in [9.17, 15) is 4.79 Å². The van der Waals surface area contributed by atoms with Crippen molar-refractivity contribution in [2.75, 3.05) is 59.0 Å². The summed E-state index contributed by atoms with van der Waals surface area (Å²) in [4.78, 5) is 24.0. The molecule has 2 saturated heterocycles. The summed E-state index contributed by atoms with van der Waals surface area (Å²) >= 11 is 0. The van der Waals surface area contributed by atoms with Gasteiger partial charge in [0.05, 0.1) is 19.7 Å². The van der Waals surface area contributed by atoms with E-state index < -0.39 is 0 Å². The summed E-state index contributed by atoms with van der Waals surface area (Å²) in [5.41, 5.74) is 1.13. The highest BCUT2D eigenvalue weighted by Gasteiger charge is 2.25.